The highest BCUT2D eigenvalue weighted by atomic mass is 32.1. The third-order valence-electron chi connectivity index (χ3n) is 2.27. The number of halogens is 2. The molecule has 2 nitrogen and oxygen atoms in total. The van der Waals surface area contributed by atoms with Gasteiger partial charge >= 0.3 is 0 Å². The summed E-state index contributed by atoms with van der Waals surface area (Å²) in [5.74, 6) is -1.17. The van der Waals surface area contributed by atoms with Crippen molar-refractivity contribution in [2.75, 3.05) is 0 Å². The Morgan fingerprint density at radius 2 is 1.78 bits per heavy atom. The van der Waals surface area contributed by atoms with Gasteiger partial charge in [0.25, 0.3) is 0 Å². The molecule has 0 fully saturated rings. The van der Waals surface area contributed by atoms with Gasteiger partial charge in [0.05, 0.1) is 5.56 Å². The van der Waals surface area contributed by atoms with Gasteiger partial charge in [-0.25, -0.2) is 8.78 Å². The summed E-state index contributed by atoms with van der Waals surface area (Å²) in [6.45, 7) is 0. The van der Waals surface area contributed by atoms with Crippen LogP contribution < -0.4 is 10.5 Å². The summed E-state index contributed by atoms with van der Waals surface area (Å²) in [6.07, 6.45) is 0. The van der Waals surface area contributed by atoms with Crippen LogP contribution in [0.15, 0.2) is 42.5 Å². The number of hydrogen-bond acceptors (Lipinski definition) is 2. The van der Waals surface area contributed by atoms with Gasteiger partial charge in [-0.1, -0.05) is 24.4 Å². The number of thiocarbonyl (C=S) groups is 1. The molecule has 0 atom stereocenters. The van der Waals surface area contributed by atoms with Crippen molar-refractivity contribution in [3.05, 3.63) is 59.7 Å². The number of benzene rings is 2. The third-order valence-corrected chi connectivity index (χ3v) is 2.49. The Morgan fingerprint density at radius 1 is 1.06 bits per heavy atom. The average Bonchev–Trinajstić information content (AvgIpc) is 2.34. The van der Waals surface area contributed by atoms with Crippen molar-refractivity contribution in [2.24, 2.45) is 5.73 Å². The normalized spacial score (nSPS) is 10.1. The lowest BCUT2D eigenvalue weighted by molar-refractivity contribution is 0.436. The molecule has 0 aliphatic rings. The second-order valence-electron chi connectivity index (χ2n) is 3.54. The number of hydrogen-bond donors (Lipinski definition) is 1. The molecule has 2 rings (SSSR count). The van der Waals surface area contributed by atoms with Gasteiger partial charge in [-0.3, -0.25) is 0 Å². The fourth-order valence-electron chi connectivity index (χ4n) is 1.43. The molecule has 2 aromatic rings. The van der Waals surface area contributed by atoms with E-state index in [2.05, 4.69) is 0 Å². The van der Waals surface area contributed by atoms with E-state index in [1.807, 2.05) is 0 Å². The lowest BCUT2D eigenvalue weighted by atomic mass is 10.2. The van der Waals surface area contributed by atoms with Crippen molar-refractivity contribution < 1.29 is 13.5 Å². The van der Waals surface area contributed by atoms with Crippen LogP contribution in [0.2, 0.25) is 0 Å². The van der Waals surface area contributed by atoms with Gasteiger partial charge in [0.2, 0.25) is 0 Å². The number of para-hydroxylation sites is 1. The molecule has 2 aromatic carbocycles. The zero-order valence-corrected chi connectivity index (χ0v) is 10.0. The maximum absolute atomic E-state index is 13.4. The first-order valence-corrected chi connectivity index (χ1v) is 5.50. The van der Waals surface area contributed by atoms with E-state index in [0.717, 1.165) is 18.2 Å². The maximum Gasteiger partial charge on any atom is 0.166 e. The topological polar surface area (TPSA) is 35.2 Å². The van der Waals surface area contributed by atoms with Crippen molar-refractivity contribution in [2.45, 2.75) is 0 Å². The molecule has 0 unspecified atom stereocenters. The van der Waals surface area contributed by atoms with Crippen molar-refractivity contribution in [3.8, 4) is 11.5 Å². The standard InChI is InChI=1S/C13H9F2NOS/c14-8-5-6-10(15)12(7-8)17-11-4-2-1-3-9(11)13(16)18/h1-7H,(H2,16,18). The van der Waals surface area contributed by atoms with E-state index in [1.54, 1.807) is 24.3 Å². The number of ether oxygens (including phenoxy) is 1. The summed E-state index contributed by atoms with van der Waals surface area (Å²) in [5, 5.41) is 0. The van der Waals surface area contributed by atoms with Crippen LogP contribution in [0.5, 0.6) is 11.5 Å². The smallest absolute Gasteiger partial charge is 0.166 e. The van der Waals surface area contributed by atoms with Gasteiger partial charge in [0.1, 0.15) is 16.6 Å². The summed E-state index contributed by atoms with van der Waals surface area (Å²) in [5.41, 5.74) is 5.99. The monoisotopic (exact) mass is 265 g/mol. The minimum atomic E-state index is -0.658. The second kappa shape index (κ2) is 5.10. The Bertz CT molecular complexity index is 601. The maximum atomic E-state index is 13.4. The molecule has 0 saturated heterocycles. The highest BCUT2D eigenvalue weighted by Gasteiger charge is 2.10. The first-order chi connectivity index (χ1) is 8.58. The third kappa shape index (κ3) is 2.62. The van der Waals surface area contributed by atoms with Crippen molar-refractivity contribution in [3.63, 3.8) is 0 Å². The molecule has 0 aliphatic heterocycles. The van der Waals surface area contributed by atoms with Gasteiger partial charge in [0, 0.05) is 6.07 Å². The molecule has 18 heavy (non-hydrogen) atoms. The first kappa shape index (κ1) is 12.4. The molecule has 0 radical (unpaired) electrons. The summed E-state index contributed by atoms with van der Waals surface area (Å²) < 4.78 is 31.7. The Labute approximate surface area is 108 Å². The molecule has 0 aromatic heterocycles. The molecular weight excluding hydrogens is 256 g/mol. The fourth-order valence-corrected chi connectivity index (χ4v) is 1.60. The van der Waals surface area contributed by atoms with Crippen molar-refractivity contribution in [1.82, 2.24) is 0 Å². The molecular formula is C13H9F2NOS. The minimum absolute atomic E-state index is 0.127. The predicted octanol–water partition coefficient (Wildman–Crippen LogP) is 3.39. The van der Waals surface area contributed by atoms with Gasteiger partial charge in [0.15, 0.2) is 11.6 Å². The molecule has 2 N–H and O–H groups in total. The fraction of sp³-hybridized carbons (Fsp3) is 0. The predicted molar refractivity (Wildman–Crippen MR) is 68.8 cm³/mol. The largest absolute Gasteiger partial charge is 0.453 e. The Balaban J connectivity index is 2.40. The summed E-state index contributed by atoms with van der Waals surface area (Å²) >= 11 is 4.85. The van der Waals surface area contributed by atoms with E-state index in [4.69, 9.17) is 22.7 Å². The van der Waals surface area contributed by atoms with Crippen LogP contribution in [0, 0.1) is 11.6 Å². The van der Waals surface area contributed by atoms with Crippen molar-refractivity contribution >= 4 is 17.2 Å². The van der Waals surface area contributed by atoms with E-state index in [0.29, 0.717) is 5.56 Å². The molecule has 0 bridgehead atoms. The Kier molecular flexibility index (Phi) is 3.53. The van der Waals surface area contributed by atoms with Crippen LogP contribution in [-0.4, -0.2) is 4.99 Å². The van der Waals surface area contributed by atoms with E-state index in [-0.39, 0.29) is 16.5 Å². The van der Waals surface area contributed by atoms with Crippen molar-refractivity contribution in [1.29, 1.82) is 0 Å². The van der Waals surface area contributed by atoms with E-state index in [1.165, 1.54) is 0 Å². The zero-order valence-electron chi connectivity index (χ0n) is 9.19. The second-order valence-corrected chi connectivity index (χ2v) is 3.98. The van der Waals surface area contributed by atoms with Crippen LogP contribution in [0.4, 0.5) is 8.78 Å². The molecule has 5 heteroatoms. The van der Waals surface area contributed by atoms with Crippen LogP contribution in [0.3, 0.4) is 0 Å². The Morgan fingerprint density at radius 3 is 2.50 bits per heavy atom. The van der Waals surface area contributed by atoms with Crippen LogP contribution in [0.1, 0.15) is 5.56 Å². The van der Waals surface area contributed by atoms with Gasteiger partial charge < -0.3 is 10.5 Å². The number of nitrogens with two attached hydrogens (primary N) is 1. The van der Waals surface area contributed by atoms with Crippen LogP contribution in [-0.2, 0) is 0 Å². The molecule has 0 saturated carbocycles. The van der Waals surface area contributed by atoms with Gasteiger partial charge in [-0.15, -0.1) is 0 Å². The molecule has 0 heterocycles. The summed E-state index contributed by atoms with van der Waals surface area (Å²) in [4.78, 5) is 0.127. The summed E-state index contributed by atoms with van der Waals surface area (Å²) in [7, 11) is 0. The molecule has 0 spiro atoms. The van der Waals surface area contributed by atoms with Crippen LogP contribution in [0.25, 0.3) is 0 Å². The highest BCUT2D eigenvalue weighted by molar-refractivity contribution is 7.80. The van der Waals surface area contributed by atoms with Gasteiger partial charge in [-0.05, 0) is 24.3 Å². The highest BCUT2D eigenvalue weighted by Crippen LogP contribution is 2.27. The van der Waals surface area contributed by atoms with E-state index >= 15 is 0 Å². The van der Waals surface area contributed by atoms with E-state index in [9.17, 15) is 8.78 Å². The van der Waals surface area contributed by atoms with Gasteiger partial charge in [-0.2, -0.15) is 0 Å². The SMILES string of the molecule is NC(=S)c1ccccc1Oc1cc(F)ccc1F. The first-order valence-electron chi connectivity index (χ1n) is 5.09. The molecule has 92 valence electrons. The quantitative estimate of drug-likeness (QED) is 0.864. The van der Waals surface area contributed by atoms with Crippen LogP contribution >= 0.6 is 12.2 Å². The molecule has 0 aliphatic carbocycles. The zero-order chi connectivity index (χ0) is 13.1. The summed E-state index contributed by atoms with van der Waals surface area (Å²) in [6, 6.07) is 9.62. The average molecular weight is 265 g/mol. The minimum Gasteiger partial charge on any atom is -0.453 e. The Hall–Kier alpha value is -2.01. The van der Waals surface area contributed by atoms with E-state index < -0.39 is 11.6 Å². The lowest BCUT2D eigenvalue weighted by Crippen LogP contribution is -2.10. The molecule has 0 amide bonds. The number of rotatable bonds is 3. The lowest BCUT2D eigenvalue weighted by Gasteiger charge is -2.10.